The van der Waals surface area contributed by atoms with Crippen LogP contribution in [0.3, 0.4) is 0 Å². The maximum absolute atomic E-state index is 13.3. The Morgan fingerprint density at radius 1 is 1.11 bits per heavy atom. The van der Waals surface area contributed by atoms with E-state index in [2.05, 4.69) is 6.92 Å². The van der Waals surface area contributed by atoms with Crippen molar-refractivity contribution in [2.24, 2.45) is 0 Å². The third-order valence-electron chi connectivity index (χ3n) is 4.35. The lowest BCUT2D eigenvalue weighted by Crippen LogP contribution is -2.29. The number of carbonyl (C=O) groups is 2. The Morgan fingerprint density at radius 3 is 2.71 bits per heavy atom. The molecular formula is C22H22FNO3S. The van der Waals surface area contributed by atoms with Crippen molar-refractivity contribution in [3.05, 3.63) is 70.4 Å². The van der Waals surface area contributed by atoms with Gasteiger partial charge in [-0.15, -0.1) is 0 Å². The summed E-state index contributed by atoms with van der Waals surface area (Å²) in [5.74, 6) is 0.00159. The van der Waals surface area contributed by atoms with Gasteiger partial charge in [0.05, 0.1) is 4.91 Å². The van der Waals surface area contributed by atoms with Crippen LogP contribution in [0.25, 0.3) is 6.08 Å². The number of nitrogens with zero attached hydrogens (tertiary/aromatic N) is 1. The predicted octanol–water partition coefficient (Wildman–Crippen LogP) is 5.63. The first kappa shape index (κ1) is 20.1. The molecule has 4 nitrogen and oxygen atoms in total. The van der Waals surface area contributed by atoms with Gasteiger partial charge in [-0.25, -0.2) is 4.39 Å². The molecule has 3 rings (SSSR count). The van der Waals surface area contributed by atoms with Gasteiger partial charge in [0, 0.05) is 12.1 Å². The summed E-state index contributed by atoms with van der Waals surface area (Å²) < 4.78 is 19.2. The summed E-state index contributed by atoms with van der Waals surface area (Å²) in [6.07, 6.45) is 4.51. The Bertz CT molecular complexity index is 897. The van der Waals surface area contributed by atoms with E-state index in [1.54, 1.807) is 24.3 Å². The highest BCUT2D eigenvalue weighted by atomic mass is 32.2. The summed E-state index contributed by atoms with van der Waals surface area (Å²) in [4.78, 5) is 26.4. The Balaban J connectivity index is 1.73. The molecule has 1 saturated heterocycles. The molecule has 1 aliphatic heterocycles. The molecule has 0 radical (unpaired) electrons. The van der Waals surface area contributed by atoms with Crippen molar-refractivity contribution in [1.82, 2.24) is 4.90 Å². The highest BCUT2D eigenvalue weighted by Gasteiger charge is 2.34. The van der Waals surface area contributed by atoms with Crippen LogP contribution in [-0.4, -0.2) is 22.6 Å². The van der Waals surface area contributed by atoms with E-state index in [0.29, 0.717) is 28.3 Å². The smallest absolute Gasteiger partial charge is 0.293 e. The number of benzene rings is 2. The van der Waals surface area contributed by atoms with Crippen LogP contribution in [-0.2, 0) is 11.4 Å². The fraction of sp³-hybridized carbons (Fsp3) is 0.273. The van der Waals surface area contributed by atoms with Crippen LogP contribution in [0.4, 0.5) is 9.18 Å². The van der Waals surface area contributed by atoms with Crippen molar-refractivity contribution in [2.75, 3.05) is 6.54 Å². The second-order valence-corrected chi connectivity index (χ2v) is 7.49. The summed E-state index contributed by atoms with van der Waals surface area (Å²) in [5, 5.41) is -0.231. The van der Waals surface area contributed by atoms with Crippen molar-refractivity contribution in [3.63, 3.8) is 0 Å². The first-order valence-electron chi connectivity index (χ1n) is 9.30. The van der Waals surface area contributed by atoms with Crippen molar-refractivity contribution < 1.29 is 18.7 Å². The quantitative estimate of drug-likeness (QED) is 0.426. The van der Waals surface area contributed by atoms with Gasteiger partial charge in [0.1, 0.15) is 18.2 Å². The highest BCUT2D eigenvalue weighted by Crippen LogP contribution is 2.34. The van der Waals surface area contributed by atoms with Crippen molar-refractivity contribution in [1.29, 1.82) is 0 Å². The lowest BCUT2D eigenvalue weighted by atomic mass is 10.1. The molecule has 2 amide bonds. The molecule has 0 bridgehead atoms. The lowest BCUT2D eigenvalue weighted by molar-refractivity contribution is -0.122. The number of imide groups is 1. The zero-order chi connectivity index (χ0) is 19.9. The molecule has 1 heterocycles. The third kappa shape index (κ3) is 5.01. The molecule has 6 heteroatoms. The fourth-order valence-electron chi connectivity index (χ4n) is 2.87. The summed E-state index contributed by atoms with van der Waals surface area (Å²) in [6, 6.07) is 13.5. The minimum Gasteiger partial charge on any atom is -0.488 e. The number of unbranched alkanes of at least 4 members (excludes halogenated alkanes) is 2. The number of carbonyl (C=O) groups excluding carboxylic acids is 2. The molecule has 0 atom stereocenters. The van der Waals surface area contributed by atoms with Crippen LogP contribution in [0.1, 0.15) is 37.3 Å². The van der Waals surface area contributed by atoms with E-state index in [4.69, 9.17) is 4.74 Å². The molecular weight excluding hydrogens is 377 g/mol. The van der Waals surface area contributed by atoms with E-state index in [-0.39, 0.29) is 23.6 Å². The first-order valence-corrected chi connectivity index (χ1v) is 10.1. The van der Waals surface area contributed by atoms with Gasteiger partial charge in [0.15, 0.2) is 0 Å². The maximum atomic E-state index is 13.3. The van der Waals surface area contributed by atoms with Gasteiger partial charge in [-0.3, -0.25) is 14.5 Å². The Labute approximate surface area is 168 Å². The van der Waals surface area contributed by atoms with Gasteiger partial charge in [0.2, 0.25) is 0 Å². The number of amides is 2. The average molecular weight is 399 g/mol. The van der Waals surface area contributed by atoms with E-state index in [0.717, 1.165) is 31.0 Å². The first-order chi connectivity index (χ1) is 13.6. The van der Waals surface area contributed by atoms with E-state index in [1.807, 2.05) is 18.2 Å². The topological polar surface area (TPSA) is 46.6 Å². The van der Waals surface area contributed by atoms with Crippen LogP contribution >= 0.6 is 11.8 Å². The third-order valence-corrected chi connectivity index (χ3v) is 5.26. The molecule has 0 unspecified atom stereocenters. The molecule has 146 valence electrons. The predicted molar refractivity (Wildman–Crippen MR) is 109 cm³/mol. The van der Waals surface area contributed by atoms with Gasteiger partial charge in [-0.1, -0.05) is 50.1 Å². The number of thioether (sulfide) groups is 1. The second-order valence-electron chi connectivity index (χ2n) is 6.50. The summed E-state index contributed by atoms with van der Waals surface area (Å²) in [6.45, 7) is 2.74. The number of para-hydroxylation sites is 1. The normalized spacial score (nSPS) is 15.5. The van der Waals surface area contributed by atoms with Gasteiger partial charge in [-0.2, -0.15) is 0 Å². The average Bonchev–Trinajstić information content (AvgIpc) is 2.95. The van der Waals surface area contributed by atoms with Gasteiger partial charge < -0.3 is 4.74 Å². The van der Waals surface area contributed by atoms with Crippen LogP contribution in [0.15, 0.2) is 53.4 Å². The van der Waals surface area contributed by atoms with Crippen LogP contribution in [0.5, 0.6) is 5.75 Å². The fourth-order valence-corrected chi connectivity index (χ4v) is 3.73. The summed E-state index contributed by atoms with van der Waals surface area (Å²) in [5.41, 5.74) is 1.42. The van der Waals surface area contributed by atoms with E-state index in [9.17, 15) is 14.0 Å². The number of rotatable bonds is 8. The van der Waals surface area contributed by atoms with Crippen LogP contribution in [0.2, 0.25) is 0 Å². The molecule has 1 aliphatic rings. The molecule has 0 saturated carbocycles. The Morgan fingerprint density at radius 2 is 1.93 bits per heavy atom. The zero-order valence-corrected chi connectivity index (χ0v) is 16.5. The SMILES string of the molecule is CCCCCN1C(=O)S/C(=C\c2ccccc2OCc2cccc(F)c2)C1=O. The second kappa shape index (κ2) is 9.55. The highest BCUT2D eigenvalue weighted by molar-refractivity contribution is 8.18. The van der Waals surface area contributed by atoms with Gasteiger partial charge in [-0.05, 0) is 48.0 Å². The monoisotopic (exact) mass is 399 g/mol. The molecule has 28 heavy (non-hydrogen) atoms. The Hall–Kier alpha value is -2.60. The number of ether oxygens (including phenoxy) is 1. The molecule has 2 aromatic rings. The van der Waals surface area contributed by atoms with Crippen LogP contribution in [0, 0.1) is 5.82 Å². The molecule has 0 spiro atoms. The molecule has 0 aliphatic carbocycles. The largest absolute Gasteiger partial charge is 0.488 e. The van der Waals surface area contributed by atoms with Crippen molar-refractivity contribution >= 4 is 29.0 Å². The van der Waals surface area contributed by atoms with Crippen molar-refractivity contribution in [3.8, 4) is 5.75 Å². The Kier molecular flexibility index (Phi) is 6.87. The van der Waals surface area contributed by atoms with Gasteiger partial charge >= 0.3 is 0 Å². The standard InChI is InChI=1S/C22H22FNO3S/c1-2-3-6-12-24-21(25)20(28-22(24)26)14-17-9-4-5-11-19(17)27-15-16-8-7-10-18(23)13-16/h4-5,7-11,13-14H,2-3,6,12,15H2,1H3/b20-14-. The zero-order valence-electron chi connectivity index (χ0n) is 15.7. The maximum Gasteiger partial charge on any atom is 0.293 e. The van der Waals surface area contributed by atoms with Crippen molar-refractivity contribution in [2.45, 2.75) is 32.8 Å². The van der Waals surface area contributed by atoms with Gasteiger partial charge in [0.25, 0.3) is 11.1 Å². The minimum absolute atomic E-state index is 0.209. The molecule has 2 aromatic carbocycles. The van der Waals surface area contributed by atoms with E-state index >= 15 is 0 Å². The number of halogens is 1. The lowest BCUT2D eigenvalue weighted by Gasteiger charge is -2.11. The summed E-state index contributed by atoms with van der Waals surface area (Å²) in [7, 11) is 0. The molecule has 0 aromatic heterocycles. The summed E-state index contributed by atoms with van der Waals surface area (Å²) >= 11 is 0.953. The van der Waals surface area contributed by atoms with E-state index in [1.165, 1.54) is 17.0 Å². The molecule has 1 fully saturated rings. The minimum atomic E-state index is -0.314. The number of hydrogen-bond donors (Lipinski definition) is 0. The van der Waals surface area contributed by atoms with E-state index < -0.39 is 0 Å². The number of hydrogen-bond acceptors (Lipinski definition) is 4. The van der Waals surface area contributed by atoms with Crippen LogP contribution < -0.4 is 4.74 Å². The molecule has 0 N–H and O–H groups in total.